The van der Waals surface area contributed by atoms with E-state index in [1.165, 1.54) is 35.4 Å². The van der Waals surface area contributed by atoms with Crippen LogP contribution in [0.25, 0.3) is 0 Å². The van der Waals surface area contributed by atoms with Gasteiger partial charge in [0.25, 0.3) is 0 Å². The van der Waals surface area contributed by atoms with Crippen molar-refractivity contribution in [2.45, 2.75) is 45.4 Å². The molecular formula is C14H23BrOS. The molecule has 1 aromatic heterocycles. The molecule has 0 spiro atoms. The highest BCUT2D eigenvalue weighted by atomic mass is 79.9. The van der Waals surface area contributed by atoms with Gasteiger partial charge < -0.3 is 4.74 Å². The predicted octanol–water partition coefficient (Wildman–Crippen LogP) is 4.82. The number of ether oxygens (including phenoxy) is 1. The van der Waals surface area contributed by atoms with Gasteiger partial charge in [-0.1, -0.05) is 35.7 Å². The Morgan fingerprint density at radius 2 is 1.82 bits per heavy atom. The molecule has 3 heteroatoms. The second-order valence-corrected chi connectivity index (χ2v) is 6.23. The number of unbranched alkanes of at least 4 members (excludes halogenated alkanes) is 3. The number of hydrogen-bond donors (Lipinski definition) is 0. The number of halogens is 1. The Bertz CT molecular complexity index is 286. The van der Waals surface area contributed by atoms with Gasteiger partial charge >= 0.3 is 0 Å². The van der Waals surface area contributed by atoms with Crippen molar-refractivity contribution in [2.75, 3.05) is 18.5 Å². The number of alkyl halides is 1. The van der Waals surface area contributed by atoms with Gasteiger partial charge in [0.2, 0.25) is 0 Å². The van der Waals surface area contributed by atoms with Crippen molar-refractivity contribution in [3.05, 3.63) is 21.9 Å². The summed E-state index contributed by atoms with van der Waals surface area (Å²) in [5, 5.41) is 1.13. The highest BCUT2D eigenvalue weighted by Crippen LogP contribution is 2.17. The molecule has 0 aromatic carbocycles. The van der Waals surface area contributed by atoms with Crippen LogP contribution in [-0.4, -0.2) is 18.5 Å². The Balaban J connectivity index is 1.93. The lowest BCUT2D eigenvalue weighted by molar-refractivity contribution is 0.133. The standard InChI is InChI=1S/C14H23BrOS/c1-2-13-7-8-14(17-13)9-12-16-11-6-4-3-5-10-15/h7-8H,2-6,9-12H2,1H3. The summed E-state index contributed by atoms with van der Waals surface area (Å²) >= 11 is 5.37. The van der Waals surface area contributed by atoms with Crippen LogP contribution in [0.1, 0.15) is 42.4 Å². The molecule has 0 radical (unpaired) electrons. The minimum atomic E-state index is 0.877. The van der Waals surface area contributed by atoms with E-state index >= 15 is 0 Å². The maximum absolute atomic E-state index is 5.66. The summed E-state index contributed by atoms with van der Waals surface area (Å²) in [5.41, 5.74) is 0. The van der Waals surface area contributed by atoms with Gasteiger partial charge in [-0.2, -0.15) is 0 Å². The molecule has 1 rings (SSSR count). The van der Waals surface area contributed by atoms with Crippen molar-refractivity contribution in [1.29, 1.82) is 0 Å². The quantitative estimate of drug-likeness (QED) is 0.443. The van der Waals surface area contributed by atoms with Crippen LogP contribution in [-0.2, 0) is 17.6 Å². The van der Waals surface area contributed by atoms with Crippen molar-refractivity contribution >= 4 is 27.3 Å². The monoisotopic (exact) mass is 318 g/mol. The highest BCUT2D eigenvalue weighted by Gasteiger charge is 1.98. The fraction of sp³-hybridized carbons (Fsp3) is 0.714. The molecule has 0 aliphatic rings. The lowest BCUT2D eigenvalue weighted by Crippen LogP contribution is -1.99. The van der Waals surface area contributed by atoms with E-state index in [1.807, 2.05) is 11.3 Å². The normalized spacial score (nSPS) is 10.9. The molecular weight excluding hydrogens is 296 g/mol. The van der Waals surface area contributed by atoms with E-state index in [0.29, 0.717) is 0 Å². The van der Waals surface area contributed by atoms with Gasteiger partial charge in [0.1, 0.15) is 0 Å². The maximum atomic E-state index is 5.66. The minimum Gasteiger partial charge on any atom is -0.381 e. The van der Waals surface area contributed by atoms with Gasteiger partial charge in [0.15, 0.2) is 0 Å². The molecule has 0 saturated carbocycles. The third-order valence-corrected chi connectivity index (χ3v) is 4.58. The van der Waals surface area contributed by atoms with Crippen molar-refractivity contribution in [3.63, 3.8) is 0 Å². The van der Waals surface area contributed by atoms with Crippen LogP contribution in [0.5, 0.6) is 0 Å². The van der Waals surface area contributed by atoms with E-state index in [1.54, 1.807) is 0 Å². The molecule has 0 amide bonds. The Morgan fingerprint density at radius 1 is 1.06 bits per heavy atom. The van der Waals surface area contributed by atoms with Crippen molar-refractivity contribution < 1.29 is 4.74 Å². The summed E-state index contributed by atoms with van der Waals surface area (Å²) in [6, 6.07) is 4.48. The molecule has 0 atom stereocenters. The molecule has 0 fully saturated rings. The summed E-state index contributed by atoms with van der Waals surface area (Å²) in [4.78, 5) is 2.94. The maximum Gasteiger partial charge on any atom is 0.0514 e. The van der Waals surface area contributed by atoms with Gasteiger partial charge in [0.05, 0.1) is 6.61 Å². The molecule has 0 saturated heterocycles. The van der Waals surface area contributed by atoms with Crippen LogP contribution in [0.2, 0.25) is 0 Å². The summed E-state index contributed by atoms with van der Waals surface area (Å²) in [6.07, 6.45) is 7.34. The van der Waals surface area contributed by atoms with E-state index in [9.17, 15) is 0 Å². The highest BCUT2D eigenvalue weighted by molar-refractivity contribution is 9.09. The lowest BCUT2D eigenvalue weighted by Gasteiger charge is -2.02. The van der Waals surface area contributed by atoms with Crippen LogP contribution in [0.15, 0.2) is 12.1 Å². The number of thiophene rings is 1. The van der Waals surface area contributed by atoms with Crippen molar-refractivity contribution in [1.82, 2.24) is 0 Å². The van der Waals surface area contributed by atoms with Crippen LogP contribution in [0, 0.1) is 0 Å². The molecule has 0 bridgehead atoms. The average molecular weight is 319 g/mol. The average Bonchev–Trinajstić information content (AvgIpc) is 2.80. The van der Waals surface area contributed by atoms with Gasteiger partial charge in [-0.05, 0) is 31.4 Å². The van der Waals surface area contributed by atoms with Gasteiger partial charge in [-0.3, -0.25) is 0 Å². The molecule has 0 aliphatic heterocycles. The summed E-state index contributed by atoms with van der Waals surface area (Å²) < 4.78 is 5.66. The Morgan fingerprint density at radius 3 is 2.53 bits per heavy atom. The molecule has 1 heterocycles. The second-order valence-electron chi connectivity index (χ2n) is 4.19. The van der Waals surface area contributed by atoms with Gasteiger partial charge in [-0.25, -0.2) is 0 Å². The first-order valence-corrected chi connectivity index (χ1v) is 8.52. The first kappa shape index (κ1) is 15.2. The van der Waals surface area contributed by atoms with Gasteiger partial charge in [0, 0.05) is 28.1 Å². The van der Waals surface area contributed by atoms with E-state index in [4.69, 9.17) is 4.74 Å². The number of rotatable bonds is 10. The SMILES string of the molecule is CCc1ccc(CCOCCCCCCBr)s1. The number of aryl methyl sites for hydroxylation is 1. The fourth-order valence-corrected chi connectivity index (χ4v) is 3.01. The zero-order valence-electron chi connectivity index (χ0n) is 10.7. The Kier molecular flexibility index (Phi) is 9.03. The summed E-state index contributed by atoms with van der Waals surface area (Å²) in [7, 11) is 0. The third-order valence-electron chi connectivity index (χ3n) is 2.73. The molecule has 98 valence electrons. The Hall–Kier alpha value is 0.140. The summed E-state index contributed by atoms with van der Waals surface area (Å²) in [5.74, 6) is 0. The van der Waals surface area contributed by atoms with Crippen molar-refractivity contribution in [2.24, 2.45) is 0 Å². The topological polar surface area (TPSA) is 9.23 Å². The Labute approximate surface area is 118 Å². The minimum absolute atomic E-state index is 0.877. The number of hydrogen-bond acceptors (Lipinski definition) is 2. The van der Waals surface area contributed by atoms with E-state index in [2.05, 4.69) is 35.0 Å². The molecule has 1 aromatic rings. The molecule has 1 nitrogen and oxygen atoms in total. The zero-order chi connectivity index (χ0) is 12.3. The molecule has 0 aliphatic carbocycles. The third kappa shape index (κ3) is 7.22. The summed E-state index contributed by atoms with van der Waals surface area (Å²) in [6.45, 7) is 4.01. The van der Waals surface area contributed by atoms with E-state index in [0.717, 1.165) is 31.4 Å². The van der Waals surface area contributed by atoms with Crippen LogP contribution < -0.4 is 0 Å². The smallest absolute Gasteiger partial charge is 0.0514 e. The largest absolute Gasteiger partial charge is 0.381 e. The molecule has 17 heavy (non-hydrogen) atoms. The second kappa shape index (κ2) is 10.1. The fourth-order valence-electron chi connectivity index (χ4n) is 1.67. The van der Waals surface area contributed by atoms with E-state index in [-0.39, 0.29) is 0 Å². The molecule has 0 N–H and O–H groups in total. The van der Waals surface area contributed by atoms with Crippen molar-refractivity contribution in [3.8, 4) is 0 Å². The predicted molar refractivity (Wildman–Crippen MR) is 80.5 cm³/mol. The first-order valence-electron chi connectivity index (χ1n) is 6.58. The van der Waals surface area contributed by atoms with Crippen LogP contribution in [0.3, 0.4) is 0 Å². The molecule has 0 unspecified atom stereocenters. The lowest BCUT2D eigenvalue weighted by atomic mass is 10.2. The van der Waals surface area contributed by atoms with Crippen LogP contribution >= 0.6 is 27.3 Å². The van der Waals surface area contributed by atoms with Crippen LogP contribution in [0.4, 0.5) is 0 Å². The zero-order valence-corrected chi connectivity index (χ0v) is 13.1. The van der Waals surface area contributed by atoms with Gasteiger partial charge in [-0.15, -0.1) is 11.3 Å². The van der Waals surface area contributed by atoms with E-state index < -0.39 is 0 Å². The first-order chi connectivity index (χ1) is 8.36.